The Morgan fingerprint density at radius 1 is 1.10 bits per heavy atom. The van der Waals surface area contributed by atoms with Gasteiger partial charge in [-0.3, -0.25) is 0 Å². The number of methoxy groups -OCH3 is 2. The summed E-state index contributed by atoms with van der Waals surface area (Å²) in [6, 6.07) is 13.3. The largest absolute Gasteiger partial charge is 0.497 e. The molecule has 1 N–H and O–H groups in total. The summed E-state index contributed by atoms with van der Waals surface area (Å²) in [5.41, 5.74) is 0.742. The molecule has 0 aliphatic rings. The zero-order valence-corrected chi connectivity index (χ0v) is 14.0. The fourth-order valence-electron chi connectivity index (χ4n) is 2.32. The Balaban J connectivity index is 2.34. The maximum Gasteiger partial charge on any atom is 0.122 e. The monoisotopic (exact) mass is 350 g/mol. The zero-order valence-electron chi connectivity index (χ0n) is 12.4. The fourth-order valence-corrected chi connectivity index (χ4v) is 2.72. The van der Waals surface area contributed by atoms with E-state index in [1.165, 1.54) is 0 Å². The van der Waals surface area contributed by atoms with Gasteiger partial charge < -0.3 is 14.6 Å². The van der Waals surface area contributed by atoms with Crippen LogP contribution in [0.1, 0.15) is 18.1 Å². The van der Waals surface area contributed by atoms with Crippen LogP contribution in [0.25, 0.3) is 0 Å². The van der Waals surface area contributed by atoms with Gasteiger partial charge in [-0.25, -0.2) is 0 Å². The van der Waals surface area contributed by atoms with Crippen LogP contribution in [0, 0.1) is 0 Å². The van der Waals surface area contributed by atoms with Gasteiger partial charge in [0.1, 0.15) is 11.5 Å². The van der Waals surface area contributed by atoms with Crippen molar-refractivity contribution in [2.45, 2.75) is 18.9 Å². The Labute approximate surface area is 133 Å². The minimum absolute atomic E-state index is 0.447. The van der Waals surface area contributed by atoms with Crippen LogP contribution in [0.4, 0.5) is 0 Å². The number of hydrogen-bond donors (Lipinski definition) is 1. The van der Waals surface area contributed by atoms with E-state index in [1.54, 1.807) is 21.1 Å². The van der Waals surface area contributed by atoms with Crippen molar-refractivity contribution in [3.05, 3.63) is 58.1 Å². The molecule has 0 heterocycles. The molecule has 21 heavy (non-hydrogen) atoms. The SMILES string of the molecule is COc1cccc(C(C)(O)Cc2cc(Br)ccc2OC)c1. The maximum atomic E-state index is 10.8. The summed E-state index contributed by atoms with van der Waals surface area (Å²) in [6.45, 7) is 1.79. The molecule has 0 aromatic heterocycles. The molecule has 4 heteroatoms. The summed E-state index contributed by atoms with van der Waals surface area (Å²) in [5.74, 6) is 1.50. The van der Waals surface area contributed by atoms with Crippen molar-refractivity contribution in [1.82, 2.24) is 0 Å². The first-order chi connectivity index (χ1) is 9.96. The molecule has 0 fully saturated rings. The minimum atomic E-state index is -1.01. The van der Waals surface area contributed by atoms with Crippen LogP contribution in [-0.4, -0.2) is 19.3 Å². The Morgan fingerprint density at radius 2 is 1.86 bits per heavy atom. The summed E-state index contributed by atoms with van der Waals surface area (Å²) in [4.78, 5) is 0. The second kappa shape index (κ2) is 6.50. The standard InChI is InChI=1S/C17H19BrO3/c1-17(19,13-5-4-6-15(10-13)20-2)11-12-9-14(18)7-8-16(12)21-3/h4-10,19H,11H2,1-3H3. The van der Waals surface area contributed by atoms with Gasteiger partial charge in [0.25, 0.3) is 0 Å². The Kier molecular flexibility index (Phi) is 4.91. The fraction of sp³-hybridized carbons (Fsp3) is 0.294. The highest BCUT2D eigenvalue weighted by molar-refractivity contribution is 9.10. The third-order valence-corrected chi connectivity index (χ3v) is 3.96. The molecule has 0 spiro atoms. The number of halogens is 1. The van der Waals surface area contributed by atoms with Crippen molar-refractivity contribution >= 4 is 15.9 Å². The number of rotatable bonds is 5. The lowest BCUT2D eigenvalue weighted by molar-refractivity contribution is 0.0567. The van der Waals surface area contributed by atoms with E-state index in [9.17, 15) is 5.11 Å². The highest BCUT2D eigenvalue weighted by atomic mass is 79.9. The Hall–Kier alpha value is -1.52. The number of aliphatic hydroxyl groups is 1. The average molecular weight is 351 g/mol. The van der Waals surface area contributed by atoms with E-state index in [1.807, 2.05) is 42.5 Å². The van der Waals surface area contributed by atoms with Gasteiger partial charge in [-0.1, -0.05) is 28.1 Å². The lowest BCUT2D eigenvalue weighted by Gasteiger charge is -2.25. The van der Waals surface area contributed by atoms with Crippen LogP contribution in [0.5, 0.6) is 11.5 Å². The molecule has 0 aliphatic heterocycles. The van der Waals surface area contributed by atoms with Gasteiger partial charge in [0.2, 0.25) is 0 Å². The van der Waals surface area contributed by atoms with Gasteiger partial charge in [-0.2, -0.15) is 0 Å². The second-order valence-corrected chi connectivity index (χ2v) is 6.05. The Bertz CT molecular complexity index is 623. The van der Waals surface area contributed by atoms with Crippen molar-refractivity contribution < 1.29 is 14.6 Å². The number of ether oxygens (including phenoxy) is 2. The molecule has 2 rings (SSSR count). The molecular weight excluding hydrogens is 332 g/mol. The molecule has 0 bridgehead atoms. The Morgan fingerprint density at radius 3 is 2.52 bits per heavy atom. The van der Waals surface area contributed by atoms with E-state index in [4.69, 9.17) is 9.47 Å². The third kappa shape index (κ3) is 3.77. The van der Waals surface area contributed by atoms with Gasteiger partial charge in [0, 0.05) is 10.9 Å². The minimum Gasteiger partial charge on any atom is -0.497 e. The van der Waals surface area contributed by atoms with Crippen molar-refractivity contribution in [3.63, 3.8) is 0 Å². The lowest BCUT2D eigenvalue weighted by Crippen LogP contribution is -2.24. The molecule has 0 aliphatic carbocycles. The van der Waals surface area contributed by atoms with Crippen molar-refractivity contribution in [3.8, 4) is 11.5 Å². The maximum absolute atomic E-state index is 10.8. The molecule has 1 atom stereocenters. The van der Waals surface area contributed by atoms with E-state index < -0.39 is 5.60 Å². The molecule has 2 aromatic rings. The van der Waals surface area contributed by atoms with Crippen molar-refractivity contribution in [2.24, 2.45) is 0 Å². The van der Waals surface area contributed by atoms with Crippen LogP contribution >= 0.6 is 15.9 Å². The summed E-state index contributed by atoms with van der Waals surface area (Å²) in [5, 5.41) is 10.8. The summed E-state index contributed by atoms with van der Waals surface area (Å²) in [7, 11) is 3.25. The molecule has 3 nitrogen and oxygen atoms in total. The van der Waals surface area contributed by atoms with E-state index in [0.717, 1.165) is 27.1 Å². The average Bonchev–Trinajstić information content (AvgIpc) is 2.47. The van der Waals surface area contributed by atoms with Crippen LogP contribution in [0.2, 0.25) is 0 Å². The quantitative estimate of drug-likeness (QED) is 0.888. The summed E-state index contributed by atoms with van der Waals surface area (Å²) >= 11 is 3.45. The molecular formula is C17H19BrO3. The van der Waals surface area contributed by atoms with Gasteiger partial charge in [-0.15, -0.1) is 0 Å². The first-order valence-corrected chi connectivity index (χ1v) is 7.45. The van der Waals surface area contributed by atoms with Gasteiger partial charge in [0.15, 0.2) is 0 Å². The summed E-state index contributed by atoms with van der Waals surface area (Å²) in [6.07, 6.45) is 0.447. The lowest BCUT2D eigenvalue weighted by atomic mass is 9.88. The van der Waals surface area contributed by atoms with Gasteiger partial charge in [0.05, 0.1) is 19.8 Å². The molecule has 0 amide bonds. The third-order valence-electron chi connectivity index (χ3n) is 3.47. The smallest absolute Gasteiger partial charge is 0.122 e. The molecule has 1 unspecified atom stereocenters. The van der Waals surface area contributed by atoms with Crippen LogP contribution in [0.3, 0.4) is 0 Å². The van der Waals surface area contributed by atoms with E-state index >= 15 is 0 Å². The number of hydrogen-bond acceptors (Lipinski definition) is 3. The zero-order chi connectivity index (χ0) is 15.5. The van der Waals surface area contributed by atoms with E-state index in [2.05, 4.69) is 15.9 Å². The van der Waals surface area contributed by atoms with Gasteiger partial charge in [-0.05, 0) is 48.4 Å². The van der Waals surface area contributed by atoms with E-state index in [-0.39, 0.29) is 0 Å². The summed E-state index contributed by atoms with van der Waals surface area (Å²) < 4.78 is 11.5. The van der Waals surface area contributed by atoms with Crippen LogP contribution < -0.4 is 9.47 Å². The molecule has 0 radical (unpaired) electrons. The highest BCUT2D eigenvalue weighted by Crippen LogP contribution is 2.32. The van der Waals surface area contributed by atoms with Gasteiger partial charge >= 0.3 is 0 Å². The second-order valence-electron chi connectivity index (χ2n) is 5.14. The molecule has 112 valence electrons. The predicted octanol–water partition coefficient (Wildman–Crippen LogP) is 3.92. The molecule has 2 aromatic carbocycles. The molecule has 0 saturated heterocycles. The predicted molar refractivity (Wildman–Crippen MR) is 87.0 cm³/mol. The number of benzene rings is 2. The van der Waals surface area contributed by atoms with Crippen LogP contribution in [0.15, 0.2) is 46.9 Å². The molecule has 0 saturated carbocycles. The van der Waals surface area contributed by atoms with Crippen LogP contribution in [-0.2, 0) is 12.0 Å². The van der Waals surface area contributed by atoms with Crippen molar-refractivity contribution in [2.75, 3.05) is 14.2 Å². The normalized spacial score (nSPS) is 13.6. The highest BCUT2D eigenvalue weighted by Gasteiger charge is 2.25. The topological polar surface area (TPSA) is 38.7 Å². The van der Waals surface area contributed by atoms with Crippen molar-refractivity contribution in [1.29, 1.82) is 0 Å². The van der Waals surface area contributed by atoms with E-state index in [0.29, 0.717) is 6.42 Å². The first-order valence-electron chi connectivity index (χ1n) is 6.65. The first kappa shape index (κ1) is 15.9.